The minimum absolute atomic E-state index is 0.128. The zero-order valence-electron chi connectivity index (χ0n) is 9.79. The molecule has 0 radical (unpaired) electrons. The molecule has 0 aromatic heterocycles. The smallest absolute Gasteiger partial charge is 0.143 e. The minimum atomic E-state index is 0.128. The SMILES string of the molecule is Oc1c(Br)cc(CNCC2COCCO2)cc1Br. The van der Waals surface area contributed by atoms with E-state index in [1.54, 1.807) is 0 Å². The Balaban J connectivity index is 1.82. The monoisotopic (exact) mass is 379 g/mol. The third-order valence-corrected chi connectivity index (χ3v) is 3.87. The van der Waals surface area contributed by atoms with E-state index in [1.165, 1.54) is 0 Å². The average Bonchev–Trinajstić information content (AvgIpc) is 2.37. The lowest BCUT2D eigenvalue weighted by Crippen LogP contribution is -2.37. The summed E-state index contributed by atoms with van der Waals surface area (Å²) in [5.41, 5.74) is 1.09. The molecule has 2 N–H and O–H groups in total. The van der Waals surface area contributed by atoms with E-state index in [0.717, 1.165) is 18.7 Å². The lowest BCUT2D eigenvalue weighted by Gasteiger charge is -2.23. The number of halogens is 2. The second-order valence-corrected chi connectivity index (χ2v) is 5.82. The van der Waals surface area contributed by atoms with E-state index in [2.05, 4.69) is 37.2 Å². The van der Waals surface area contributed by atoms with Crippen molar-refractivity contribution in [2.75, 3.05) is 26.4 Å². The number of phenolic OH excluding ortho intramolecular Hbond substituents is 1. The molecule has 1 saturated heterocycles. The van der Waals surface area contributed by atoms with Crippen LogP contribution in [0.4, 0.5) is 0 Å². The van der Waals surface area contributed by atoms with Gasteiger partial charge in [0, 0.05) is 13.1 Å². The van der Waals surface area contributed by atoms with E-state index in [1.807, 2.05) is 12.1 Å². The number of hydrogen-bond donors (Lipinski definition) is 2. The average molecular weight is 381 g/mol. The molecule has 4 nitrogen and oxygen atoms in total. The molecule has 0 aliphatic carbocycles. The van der Waals surface area contributed by atoms with Crippen LogP contribution in [0.25, 0.3) is 0 Å². The van der Waals surface area contributed by atoms with Gasteiger partial charge in [-0.15, -0.1) is 0 Å². The van der Waals surface area contributed by atoms with Crippen molar-refractivity contribution in [3.05, 3.63) is 26.6 Å². The van der Waals surface area contributed by atoms with Crippen molar-refractivity contribution in [3.63, 3.8) is 0 Å². The van der Waals surface area contributed by atoms with Crippen LogP contribution in [-0.4, -0.2) is 37.6 Å². The summed E-state index contributed by atoms with van der Waals surface area (Å²) in [6.07, 6.45) is 0.128. The molecule has 0 amide bonds. The molecule has 1 atom stereocenters. The normalized spacial score (nSPS) is 20.0. The third-order valence-electron chi connectivity index (χ3n) is 2.66. The first-order chi connectivity index (χ1) is 8.66. The summed E-state index contributed by atoms with van der Waals surface area (Å²) in [5.74, 6) is 0.225. The second kappa shape index (κ2) is 6.86. The molecule has 2 rings (SSSR count). The number of phenols is 1. The van der Waals surface area contributed by atoms with Crippen LogP contribution in [0.3, 0.4) is 0 Å². The van der Waals surface area contributed by atoms with Crippen molar-refractivity contribution in [2.45, 2.75) is 12.6 Å². The minimum Gasteiger partial charge on any atom is -0.506 e. The number of benzene rings is 1. The molecule has 1 aliphatic heterocycles. The van der Waals surface area contributed by atoms with Gasteiger partial charge in [-0.05, 0) is 49.6 Å². The van der Waals surface area contributed by atoms with Gasteiger partial charge in [0.05, 0.1) is 34.9 Å². The molecular weight excluding hydrogens is 366 g/mol. The highest BCUT2D eigenvalue weighted by Crippen LogP contribution is 2.33. The Labute approximate surface area is 123 Å². The number of hydrogen-bond acceptors (Lipinski definition) is 4. The van der Waals surface area contributed by atoms with Crippen LogP contribution < -0.4 is 5.32 Å². The van der Waals surface area contributed by atoms with Crippen LogP contribution in [0.2, 0.25) is 0 Å². The summed E-state index contributed by atoms with van der Waals surface area (Å²) in [4.78, 5) is 0. The lowest BCUT2D eigenvalue weighted by molar-refractivity contribution is -0.0864. The van der Waals surface area contributed by atoms with Crippen molar-refractivity contribution >= 4 is 31.9 Å². The van der Waals surface area contributed by atoms with Crippen molar-refractivity contribution in [3.8, 4) is 5.75 Å². The van der Waals surface area contributed by atoms with Gasteiger partial charge in [-0.2, -0.15) is 0 Å². The summed E-state index contributed by atoms with van der Waals surface area (Å²) in [7, 11) is 0. The Hall–Kier alpha value is -0.140. The fourth-order valence-electron chi connectivity index (χ4n) is 1.75. The molecule has 100 valence electrons. The lowest BCUT2D eigenvalue weighted by atomic mass is 10.2. The standard InChI is InChI=1S/C12H15Br2NO3/c13-10-3-8(4-11(14)12(10)16)5-15-6-9-7-17-1-2-18-9/h3-4,9,15-16H,1-2,5-7H2. The van der Waals surface area contributed by atoms with Crippen molar-refractivity contribution in [1.29, 1.82) is 0 Å². The third kappa shape index (κ3) is 3.93. The first kappa shape index (κ1) is 14.3. The Morgan fingerprint density at radius 3 is 2.61 bits per heavy atom. The van der Waals surface area contributed by atoms with Gasteiger partial charge < -0.3 is 19.9 Å². The van der Waals surface area contributed by atoms with Crippen LogP contribution in [0.1, 0.15) is 5.56 Å². The summed E-state index contributed by atoms with van der Waals surface area (Å²) >= 11 is 6.63. The highest BCUT2D eigenvalue weighted by Gasteiger charge is 2.13. The van der Waals surface area contributed by atoms with Gasteiger partial charge >= 0.3 is 0 Å². The van der Waals surface area contributed by atoms with Crippen LogP contribution in [0.15, 0.2) is 21.1 Å². The maximum atomic E-state index is 9.61. The number of rotatable bonds is 4. The summed E-state index contributed by atoms with van der Waals surface area (Å²) < 4.78 is 12.2. The molecule has 0 spiro atoms. The van der Waals surface area contributed by atoms with E-state index in [0.29, 0.717) is 28.8 Å². The first-order valence-corrected chi connectivity index (χ1v) is 7.32. The molecule has 0 saturated carbocycles. The predicted molar refractivity (Wildman–Crippen MR) is 75.8 cm³/mol. The Morgan fingerprint density at radius 1 is 1.28 bits per heavy atom. The highest BCUT2D eigenvalue weighted by atomic mass is 79.9. The van der Waals surface area contributed by atoms with E-state index in [4.69, 9.17) is 9.47 Å². The van der Waals surface area contributed by atoms with Gasteiger partial charge in [-0.3, -0.25) is 0 Å². The molecule has 6 heteroatoms. The van der Waals surface area contributed by atoms with Crippen molar-refractivity contribution in [1.82, 2.24) is 5.32 Å². The highest BCUT2D eigenvalue weighted by molar-refractivity contribution is 9.11. The molecule has 1 heterocycles. The topological polar surface area (TPSA) is 50.7 Å². The van der Waals surface area contributed by atoms with Gasteiger partial charge in [0.2, 0.25) is 0 Å². The summed E-state index contributed by atoms with van der Waals surface area (Å²) in [5, 5.41) is 12.9. The largest absolute Gasteiger partial charge is 0.506 e. The van der Waals surface area contributed by atoms with Crippen LogP contribution >= 0.6 is 31.9 Å². The van der Waals surface area contributed by atoms with Crippen LogP contribution in [0.5, 0.6) is 5.75 Å². The molecule has 0 bridgehead atoms. The van der Waals surface area contributed by atoms with Crippen LogP contribution in [-0.2, 0) is 16.0 Å². The Morgan fingerprint density at radius 2 is 2.00 bits per heavy atom. The van der Waals surface area contributed by atoms with E-state index < -0.39 is 0 Å². The van der Waals surface area contributed by atoms with Gasteiger partial charge in [0.25, 0.3) is 0 Å². The second-order valence-electron chi connectivity index (χ2n) is 4.11. The van der Waals surface area contributed by atoms with Crippen molar-refractivity contribution < 1.29 is 14.6 Å². The quantitative estimate of drug-likeness (QED) is 0.842. The first-order valence-electron chi connectivity index (χ1n) is 5.74. The summed E-state index contributed by atoms with van der Waals surface area (Å²) in [6, 6.07) is 3.79. The fourth-order valence-corrected chi connectivity index (χ4v) is 3.03. The summed E-state index contributed by atoms with van der Waals surface area (Å²) in [6.45, 7) is 3.49. The maximum Gasteiger partial charge on any atom is 0.143 e. The molecule has 18 heavy (non-hydrogen) atoms. The van der Waals surface area contributed by atoms with E-state index in [-0.39, 0.29) is 11.9 Å². The Bertz CT molecular complexity index is 385. The molecule has 1 aliphatic rings. The molecule has 1 fully saturated rings. The molecular formula is C12H15Br2NO3. The molecule has 1 aromatic carbocycles. The van der Waals surface area contributed by atoms with Gasteiger partial charge in [0.1, 0.15) is 5.75 Å². The van der Waals surface area contributed by atoms with E-state index >= 15 is 0 Å². The number of aromatic hydroxyl groups is 1. The Kier molecular flexibility index (Phi) is 5.44. The number of nitrogens with one attached hydrogen (secondary N) is 1. The zero-order chi connectivity index (χ0) is 13.0. The van der Waals surface area contributed by atoms with Crippen LogP contribution in [0, 0.1) is 0 Å². The van der Waals surface area contributed by atoms with Gasteiger partial charge in [0.15, 0.2) is 0 Å². The predicted octanol–water partition coefficient (Wildman–Crippen LogP) is 2.42. The van der Waals surface area contributed by atoms with Gasteiger partial charge in [-0.25, -0.2) is 0 Å². The van der Waals surface area contributed by atoms with Crippen molar-refractivity contribution in [2.24, 2.45) is 0 Å². The van der Waals surface area contributed by atoms with E-state index in [9.17, 15) is 5.11 Å². The fraction of sp³-hybridized carbons (Fsp3) is 0.500. The molecule has 1 aromatic rings. The molecule has 1 unspecified atom stereocenters. The zero-order valence-corrected chi connectivity index (χ0v) is 13.0. The number of ether oxygens (including phenoxy) is 2. The van der Waals surface area contributed by atoms with Gasteiger partial charge in [-0.1, -0.05) is 0 Å². The maximum absolute atomic E-state index is 9.61.